The molecule has 0 aliphatic heterocycles. The Morgan fingerprint density at radius 1 is 1.50 bits per heavy atom. The topological polar surface area (TPSA) is 68.0 Å². The highest BCUT2D eigenvalue weighted by Crippen LogP contribution is 2.28. The molecule has 3 N–H and O–H groups in total. The van der Waals surface area contributed by atoms with E-state index in [0.717, 1.165) is 10.7 Å². The van der Waals surface area contributed by atoms with Gasteiger partial charge in [-0.05, 0) is 6.92 Å². The summed E-state index contributed by atoms with van der Waals surface area (Å²) in [7, 11) is 0. The number of rotatable bonds is 1. The van der Waals surface area contributed by atoms with Gasteiger partial charge in [0.2, 0.25) is 0 Å². The molecule has 14 heavy (non-hydrogen) atoms. The van der Waals surface area contributed by atoms with E-state index in [1.54, 1.807) is 0 Å². The molecule has 1 aromatic rings. The maximum Gasteiger partial charge on any atom is 0.277 e. The van der Waals surface area contributed by atoms with Crippen LogP contribution < -0.4 is 11.3 Å². The van der Waals surface area contributed by atoms with Crippen LogP contribution in [0.3, 0.4) is 0 Å². The van der Waals surface area contributed by atoms with Crippen molar-refractivity contribution in [2.45, 2.75) is 33.1 Å². The Morgan fingerprint density at radius 3 is 2.43 bits per heavy atom. The molecule has 4 nitrogen and oxygen atoms in total. The van der Waals surface area contributed by atoms with Crippen molar-refractivity contribution >= 4 is 17.2 Å². The zero-order valence-corrected chi connectivity index (χ0v) is 9.66. The Labute approximate surface area is 87.5 Å². The molecular weight excluding hydrogens is 198 g/mol. The Balaban J connectivity index is 3.12. The van der Waals surface area contributed by atoms with Crippen molar-refractivity contribution in [2.75, 3.05) is 0 Å². The Morgan fingerprint density at radius 2 is 2.07 bits per heavy atom. The van der Waals surface area contributed by atoms with Gasteiger partial charge in [-0.2, -0.15) is 0 Å². The van der Waals surface area contributed by atoms with Crippen molar-refractivity contribution in [1.29, 1.82) is 0 Å². The van der Waals surface area contributed by atoms with Crippen LogP contribution in [0.5, 0.6) is 0 Å². The number of nitrogens with zero attached hydrogens (tertiary/aromatic N) is 1. The standard InChI is InChI=1S/C9H15N3OS/c1-5-6(7(13)12-10)14-8(11-5)9(2,3)4/h10H2,1-4H3,(H,12,13). The smallest absolute Gasteiger partial charge is 0.277 e. The van der Waals surface area contributed by atoms with Crippen LogP contribution in [-0.2, 0) is 5.41 Å². The number of carbonyl (C=O) groups is 1. The van der Waals surface area contributed by atoms with Crippen molar-refractivity contribution in [3.8, 4) is 0 Å². The molecule has 0 atom stereocenters. The van der Waals surface area contributed by atoms with Gasteiger partial charge in [-0.25, -0.2) is 10.8 Å². The summed E-state index contributed by atoms with van der Waals surface area (Å²) >= 11 is 1.40. The van der Waals surface area contributed by atoms with Gasteiger partial charge in [-0.3, -0.25) is 10.2 Å². The highest BCUT2D eigenvalue weighted by Gasteiger charge is 2.22. The molecule has 0 saturated carbocycles. The molecule has 1 rings (SSSR count). The SMILES string of the molecule is Cc1nc(C(C)(C)C)sc1C(=O)NN. The van der Waals surface area contributed by atoms with E-state index in [4.69, 9.17) is 5.84 Å². The molecule has 0 unspecified atom stereocenters. The summed E-state index contributed by atoms with van der Waals surface area (Å²) in [4.78, 5) is 16.3. The molecule has 0 bridgehead atoms. The highest BCUT2D eigenvalue weighted by atomic mass is 32.1. The molecule has 78 valence electrons. The summed E-state index contributed by atoms with van der Waals surface area (Å²) in [5.41, 5.74) is 2.83. The van der Waals surface area contributed by atoms with Gasteiger partial charge < -0.3 is 0 Å². The number of amides is 1. The van der Waals surface area contributed by atoms with E-state index in [-0.39, 0.29) is 11.3 Å². The summed E-state index contributed by atoms with van der Waals surface area (Å²) in [6.07, 6.45) is 0. The normalized spacial score (nSPS) is 11.5. The van der Waals surface area contributed by atoms with Crippen molar-refractivity contribution in [1.82, 2.24) is 10.4 Å². The lowest BCUT2D eigenvalue weighted by atomic mass is 9.98. The van der Waals surface area contributed by atoms with Crippen molar-refractivity contribution in [3.05, 3.63) is 15.6 Å². The largest absolute Gasteiger partial charge is 0.289 e. The monoisotopic (exact) mass is 213 g/mol. The number of carbonyl (C=O) groups excluding carboxylic acids is 1. The first-order chi connectivity index (χ1) is 6.36. The summed E-state index contributed by atoms with van der Waals surface area (Å²) < 4.78 is 0. The summed E-state index contributed by atoms with van der Waals surface area (Å²) in [6.45, 7) is 8.01. The number of hydrogen-bond donors (Lipinski definition) is 2. The number of aromatic nitrogens is 1. The molecular formula is C9H15N3OS. The molecule has 1 amide bonds. The third kappa shape index (κ3) is 2.10. The van der Waals surface area contributed by atoms with Crippen LogP contribution in [-0.4, -0.2) is 10.9 Å². The zero-order chi connectivity index (χ0) is 10.9. The second-order valence-electron chi connectivity index (χ2n) is 4.16. The predicted octanol–water partition coefficient (Wildman–Crippen LogP) is 1.35. The van der Waals surface area contributed by atoms with Crippen molar-refractivity contribution in [3.63, 3.8) is 0 Å². The molecule has 0 radical (unpaired) electrons. The fraction of sp³-hybridized carbons (Fsp3) is 0.556. The van der Waals surface area contributed by atoms with Gasteiger partial charge in [0.25, 0.3) is 5.91 Å². The summed E-state index contributed by atoms with van der Waals surface area (Å²) in [5.74, 6) is 4.80. The first kappa shape index (κ1) is 11.1. The number of nitrogen functional groups attached to an aromatic ring is 1. The van der Waals surface area contributed by atoms with E-state index in [1.165, 1.54) is 11.3 Å². The van der Waals surface area contributed by atoms with Crippen LogP contribution >= 0.6 is 11.3 Å². The number of nitrogens with one attached hydrogen (secondary N) is 1. The van der Waals surface area contributed by atoms with Crippen molar-refractivity contribution in [2.24, 2.45) is 5.84 Å². The van der Waals surface area contributed by atoms with E-state index in [1.807, 2.05) is 6.92 Å². The zero-order valence-electron chi connectivity index (χ0n) is 8.84. The fourth-order valence-electron chi connectivity index (χ4n) is 0.993. The molecule has 1 heterocycles. The van der Waals surface area contributed by atoms with Crippen LogP contribution in [0, 0.1) is 6.92 Å². The first-order valence-electron chi connectivity index (χ1n) is 4.35. The van der Waals surface area contributed by atoms with Crippen LogP contribution in [0.4, 0.5) is 0 Å². The molecule has 1 aromatic heterocycles. The van der Waals surface area contributed by atoms with Crippen LogP contribution in [0.25, 0.3) is 0 Å². The Bertz CT molecular complexity index is 351. The van der Waals surface area contributed by atoms with Gasteiger partial charge >= 0.3 is 0 Å². The Kier molecular flexibility index (Phi) is 2.92. The number of aryl methyl sites for hydroxylation is 1. The van der Waals surface area contributed by atoms with Gasteiger partial charge in [-0.15, -0.1) is 11.3 Å². The van der Waals surface area contributed by atoms with Gasteiger partial charge in [0.05, 0.1) is 10.7 Å². The van der Waals surface area contributed by atoms with Gasteiger partial charge in [0.1, 0.15) is 4.88 Å². The second kappa shape index (κ2) is 3.67. The quantitative estimate of drug-likeness (QED) is 0.420. The Hall–Kier alpha value is -0.940. The van der Waals surface area contributed by atoms with Gasteiger partial charge in [0.15, 0.2) is 0 Å². The minimum atomic E-state index is -0.268. The van der Waals surface area contributed by atoms with Gasteiger partial charge in [-0.1, -0.05) is 20.8 Å². The minimum absolute atomic E-state index is 0.0252. The van der Waals surface area contributed by atoms with E-state index in [9.17, 15) is 4.79 Å². The van der Waals surface area contributed by atoms with E-state index in [2.05, 4.69) is 31.2 Å². The summed E-state index contributed by atoms with van der Waals surface area (Å²) in [6, 6.07) is 0. The third-order valence-electron chi connectivity index (χ3n) is 1.78. The molecule has 0 aromatic carbocycles. The number of thiazole rings is 1. The lowest BCUT2D eigenvalue weighted by Gasteiger charge is -2.13. The minimum Gasteiger partial charge on any atom is -0.289 e. The lowest BCUT2D eigenvalue weighted by molar-refractivity contribution is 0.0957. The van der Waals surface area contributed by atoms with E-state index < -0.39 is 0 Å². The average Bonchev–Trinajstić information content (AvgIpc) is 2.45. The number of hydrazine groups is 1. The van der Waals surface area contributed by atoms with Crippen LogP contribution in [0.2, 0.25) is 0 Å². The summed E-state index contributed by atoms with van der Waals surface area (Å²) in [5, 5.41) is 0.952. The van der Waals surface area contributed by atoms with Crippen molar-refractivity contribution < 1.29 is 4.79 Å². The van der Waals surface area contributed by atoms with Gasteiger partial charge in [0, 0.05) is 5.41 Å². The van der Waals surface area contributed by atoms with E-state index in [0.29, 0.717) is 4.88 Å². The number of nitrogens with two attached hydrogens (primary N) is 1. The molecule has 0 aliphatic carbocycles. The fourth-order valence-corrected chi connectivity index (χ4v) is 2.02. The maximum absolute atomic E-state index is 11.3. The second-order valence-corrected chi connectivity index (χ2v) is 5.16. The predicted molar refractivity (Wildman–Crippen MR) is 57.2 cm³/mol. The lowest BCUT2D eigenvalue weighted by Crippen LogP contribution is -2.29. The number of hydrogen-bond acceptors (Lipinski definition) is 4. The molecule has 0 spiro atoms. The average molecular weight is 213 g/mol. The molecule has 0 saturated heterocycles. The van der Waals surface area contributed by atoms with Crippen LogP contribution in [0.1, 0.15) is 41.1 Å². The third-order valence-corrected chi connectivity index (χ3v) is 3.36. The highest BCUT2D eigenvalue weighted by molar-refractivity contribution is 7.14. The van der Waals surface area contributed by atoms with E-state index >= 15 is 0 Å². The maximum atomic E-state index is 11.3. The first-order valence-corrected chi connectivity index (χ1v) is 5.16. The molecule has 5 heteroatoms. The molecule has 0 aliphatic rings. The van der Waals surface area contributed by atoms with Crippen LogP contribution in [0.15, 0.2) is 0 Å². The molecule has 0 fully saturated rings.